The molecule has 0 radical (unpaired) electrons. The molecule has 1 aliphatic heterocycles. The molecule has 1 saturated heterocycles. The molecule has 196 valence electrons. The Kier molecular flexibility index (Phi) is 6.84. The van der Waals surface area contributed by atoms with E-state index in [2.05, 4.69) is 0 Å². The lowest BCUT2D eigenvalue weighted by Crippen LogP contribution is -2.61. The van der Waals surface area contributed by atoms with Gasteiger partial charge in [-0.1, -0.05) is 57.2 Å². The van der Waals surface area contributed by atoms with Gasteiger partial charge in [-0.2, -0.15) is 0 Å². The molecule has 1 unspecified atom stereocenters. The maximum atomic E-state index is 13.9. The number of benzene rings is 1. The number of fused-ring (bicyclic) bond motifs is 1. The number of hydrogen-bond donors (Lipinski definition) is 2. The van der Waals surface area contributed by atoms with Crippen LogP contribution in [-0.2, 0) is 16.6 Å². The summed E-state index contributed by atoms with van der Waals surface area (Å²) in [6.07, 6.45) is 5.42. The summed E-state index contributed by atoms with van der Waals surface area (Å²) < 4.78 is 7.52. The van der Waals surface area contributed by atoms with Crippen LogP contribution in [0.5, 0.6) is 0 Å². The van der Waals surface area contributed by atoms with Crippen molar-refractivity contribution in [3.05, 3.63) is 35.5 Å². The minimum atomic E-state index is -1.26. The fourth-order valence-electron chi connectivity index (χ4n) is 6.89. The summed E-state index contributed by atoms with van der Waals surface area (Å²) in [5.74, 6) is -1.58. The van der Waals surface area contributed by atoms with Gasteiger partial charge in [-0.25, -0.2) is 9.59 Å². The van der Waals surface area contributed by atoms with E-state index in [1.54, 1.807) is 32.4 Å². The van der Waals surface area contributed by atoms with E-state index >= 15 is 0 Å². The quantitative estimate of drug-likeness (QED) is 0.575. The number of nitrogens with two attached hydrogens (primary N) is 1. The number of ether oxygens (including phenoxy) is 1. The standard InChI is InChI=1S/C28H39N3O5/c1-6-28(25(29)34)19(17-12-8-7-9-13-17)16-21(31(28)26(35)36-27(2,3)4)22-18-14-10-11-15-20(18)30(5)23(22)24(32)33/h10-11,14-15,17,19,21H,6-9,12-13,16H2,1-5H3,(H2,29,34)(H,32,33)/t19-,21?,28-/m0/s1. The molecule has 1 aromatic carbocycles. The number of likely N-dealkylation sites (tertiary alicyclic amines) is 1. The van der Waals surface area contributed by atoms with Gasteiger partial charge in [0.2, 0.25) is 5.91 Å². The number of hydrogen-bond acceptors (Lipinski definition) is 4. The molecule has 1 saturated carbocycles. The SMILES string of the molecule is CC[C@@]1(C(N)=O)[C@H](C2CCCCC2)CC(c2c(C(=O)O)n(C)c3ccccc23)N1C(=O)OC(C)(C)C. The molecule has 0 spiro atoms. The zero-order valence-electron chi connectivity index (χ0n) is 22.0. The van der Waals surface area contributed by atoms with Gasteiger partial charge >= 0.3 is 12.1 Å². The number of carbonyl (C=O) groups excluding carboxylic acids is 2. The van der Waals surface area contributed by atoms with Gasteiger partial charge in [0, 0.05) is 23.5 Å². The first kappa shape index (κ1) is 26.0. The largest absolute Gasteiger partial charge is 0.477 e. The topological polar surface area (TPSA) is 115 Å². The Bertz CT molecular complexity index is 1170. The summed E-state index contributed by atoms with van der Waals surface area (Å²) in [5.41, 5.74) is 5.55. The lowest BCUT2D eigenvalue weighted by molar-refractivity contribution is -0.133. The van der Waals surface area contributed by atoms with Crippen LogP contribution in [0.3, 0.4) is 0 Å². The predicted octanol–water partition coefficient (Wildman–Crippen LogP) is 5.39. The minimum absolute atomic E-state index is 0.119. The summed E-state index contributed by atoms with van der Waals surface area (Å²) in [7, 11) is 1.72. The molecule has 8 heteroatoms. The van der Waals surface area contributed by atoms with Crippen molar-refractivity contribution in [3.63, 3.8) is 0 Å². The van der Waals surface area contributed by atoms with Gasteiger partial charge < -0.3 is 20.1 Å². The molecule has 2 aromatic rings. The lowest BCUT2D eigenvalue weighted by atomic mass is 9.69. The molecule has 2 heterocycles. The van der Waals surface area contributed by atoms with Crippen molar-refractivity contribution < 1.29 is 24.2 Å². The number of amides is 2. The Hall–Kier alpha value is -3.03. The molecule has 0 bridgehead atoms. The fourth-order valence-corrected chi connectivity index (χ4v) is 6.89. The fraction of sp³-hybridized carbons (Fsp3) is 0.607. The van der Waals surface area contributed by atoms with E-state index in [1.807, 2.05) is 31.2 Å². The molecule has 1 aliphatic carbocycles. The Morgan fingerprint density at radius 3 is 2.33 bits per heavy atom. The second kappa shape index (κ2) is 9.45. The average molecular weight is 498 g/mol. The van der Waals surface area contributed by atoms with E-state index in [4.69, 9.17) is 10.5 Å². The number of carbonyl (C=O) groups is 3. The molecular weight excluding hydrogens is 458 g/mol. The van der Waals surface area contributed by atoms with Crippen molar-refractivity contribution in [1.82, 2.24) is 9.47 Å². The van der Waals surface area contributed by atoms with Crippen molar-refractivity contribution in [1.29, 1.82) is 0 Å². The number of aryl methyl sites for hydroxylation is 1. The van der Waals surface area contributed by atoms with E-state index in [9.17, 15) is 19.5 Å². The third-order valence-corrected chi connectivity index (χ3v) is 8.29. The van der Waals surface area contributed by atoms with Gasteiger partial charge in [0.15, 0.2) is 0 Å². The summed E-state index contributed by atoms with van der Waals surface area (Å²) in [4.78, 5) is 41.4. The Labute approximate surface area is 212 Å². The summed E-state index contributed by atoms with van der Waals surface area (Å²) >= 11 is 0. The number of rotatable bonds is 5. The van der Waals surface area contributed by atoms with Gasteiger partial charge in [-0.15, -0.1) is 0 Å². The molecule has 4 rings (SSSR count). The maximum absolute atomic E-state index is 13.9. The van der Waals surface area contributed by atoms with Crippen LogP contribution in [0.1, 0.15) is 94.7 Å². The number of nitrogens with zero attached hydrogens (tertiary/aromatic N) is 2. The highest BCUT2D eigenvalue weighted by molar-refractivity contribution is 5.99. The predicted molar refractivity (Wildman–Crippen MR) is 138 cm³/mol. The van der Waals surface area contributed by atoms with Gasteiger partial charge in [-0.05, 0) is 51.5 Å². The van der Waals surface area contributed by atoms with Crippen molar-refractivity contribution in [2.45, 2.75) is 89.8 Å². The summed E-state index contributed by atoms with van der Waals surface area (Å²) in [6.45, 7) is 7.24. The molecule has 2 amide bonds. The van der Waals surface area contributed by atoms with Crippen LogP contribution in [0.15, 0.2) is 24.3 Å². The highest BCUT2D eigenvalue weighted by atomic mass is 16.6. The molecular formula is C28H39N3O5. The molecule has 2 aliphatic rings. The van der Waals surface area contributed by atoms with Crippen LogP contribution >= 0.6 is 0 Å². The van der Waals surface area contributed by atoms with Crippen LogP contribution in [0.25, 0.3) is 10.9 Å². The molecule has 2 fully saturated rings. The second-order valence-electron chi connectivity index (χ2n) is 11.4. The van der Waals surface area contributed by atoms with Crippen LogP contribution in [-0.4, -0.2) is 43.7 Å². The molecule has 1 aromatic heterocycles. The Morgan fingerprint density at radius 1 is 1.14 bits per heavy atom. The van der Waals surface area contributed by atoms with Crippen molar-refractivity contribution >= 4 is 28.9 Å². The van der Waals surface area contributed by atoms with Crippen molar-refractivity contribution in [2.24, 2.45) is 24.6 Å². The zero-order valence-corrected chi connectivity index (χ0v) is 22.0. The van der Waals surface area contributed by atoms with Gasteiger partial charge in [0.1, 0.15) is 16.8 Å². The number of aromatic nitrogens is 1. The highest BCUT2D eigenvalue weighted by Crippen LogP contribution is 2.55. The van der Waals surface area contributed by atoms with E-state index in [0.717, 1.165) is 43.0 Å². The molecule has 3 atom stereocenters. The number of primary amides is 1. The highest BCUT2D eigenvalue weighted by Gasteiger charge is 2.62. The summed E-state index contributed by atoms with van der Waals surface area (Å²) in [5, 5.41) is 11.0. The number of para-hydroxylation sites is 1. The first-order valence-corrected chi connectivity index (χ1v) is 13.1. The molecule has 3 N–H and O–H groups in total. The van der Waals surface area contributed by atoms with Crippen molar-refractivity contribution in [2.75, 3.05) is 0 Å². The molecule has 8 nitrogen and oxygen atoms in total. The zero-order chi connectivity index (χ0) is 26.4. The first-order valence-electron chi connectivity index (χ1n) is 13.1. The van der Waals surface area contributed by atoms with Gasteiger partial charge in [0.25, 0.3) is 0 Å². The van der Waals surface area contributed by atoms with E-state index < -0.39 is 35.2 Å². The van der Waals surface area contributed by atoms with Crippen LogP contribution < -0.4 is 5.73 Å². The maximum Gasteiger partial charge on any atom is 0.411 e. The number of carboxylic acid groups (broad SMARTS) is 1. The van der Waals surface area contributed by atoms with Gasteiger partial charge in [-0.3, -0.25) is 9.69 Å². The Balaban J connectivity index is 1.99. The smallest absolute Gasteiger partial charge is 0.411 e. The second-order valence-corrected chi connectivity index (χ2v) is 11.4. The summed E-state index contributed by atoms with van der Waals surface area (Å²) in [6, 6.07) is 6.83. The van der Waals surface area contributed by atoms with Crippen LogP contribution in [0.2, 0.25) is 0 Å². The minimum Gasteiger partial charge on any atom is -0.477 e. The monoisotopic (exact) mass is 497 g/mol. The van der Waals surface area contributed by atoms with E-state index in [0.29, 0.717) is 18.4 Å². The van der Waals surface area contributed by atoms with E-state index in [1.165, 1.54) is 4.90 Å². The Morgan fingerprint density at radius 2 is 1.78 bits per heavy atom. The molecule has 36 heavy (non-hydrogen) atoms. The average Bonchev–Trinajstić information content (AvgIpc) is 3.32. The number of carboxylic acids is 1. The first-order chi connectivity index (χ1) is 16.9. The number of aromatic carboxylic acids is 1. The van der Waals surface area contributed by atoms with Crippen LogP contribution in [0, 0.1) is 11.8 Å². The van der Waals surface area contributed by atoms with Crippen molar-refractivity contribution in [3.8, 4) is 0 Å². The van der Waals surface area contributed by atoms with Crippen LogP contribution in [0.4, 0.5) is 4.79 Å². The van der Waals surface area contributed by atoms with E-state index in [-0.39, 0.29) is 17.5 Å². The normalized spacial score (nSPS) is 25.3. The van der Waals surface area contributed by atoms with Gasteiger partial charge in [0.05, 0.1) is 6.04 Å². The lowest BCUT2D eigenvalue weighted by Gasteiger charge is -2.44. The third-order valence-electron chi connectivity index (χ3n) is 8.29. The third kappa shape index (κ3) is 4.14.